The third-order valence-corrected chi connectivity index (χ3v) is 5.85. The molecule has 0 saturated heterocycles. The Balaban J connectivity index is 1.89. The number of hydrogen-bond donors (Lipinski definition) is 1. The Labute approximate surface area is 164 Å². The van der Waals surface area contributed by atoms with Gasteiger partial charge in [0, 0.05) is 24.8 Å². The van der Waals surface area contributed by atoms with E-state index in [1.807, 2.05) is 31.2 Å². The van der Waals surface area contributed by atoms with E-state index in [9.17, 15) is 13.2 Å². The number of unbranched alkanes of at least 4 members (excludes halogenated alkanes) is 1. The van der Waals surface area contributed by atoms with E-state index in [0.29, 0.717) is 11.9 Å². The average Bonchev–Trinajstić information content (AvgIpc) is 3.02. The van der Waals surface area contributed by atoms with Gasteiger partial charge in [0.15, 0.2) is 9.84 Å². The van der Waals surface area contributed by atoms with E-state index in [1.54, 1.807) is 18.2 Å². The van der Waals surface area contributed by atoms with Gasteiger partial charge in [-0.2, -0.15) is 0 Å². The van der Waals surface area contributed by atoms with Gasteiger partial charge in [0.25, 0.3) is 0 Å². The summed E-state index contributed by atoms with van der Waals surface area (Å²) in [6, 6.07) is 13.2. The van der Waals surface area contributed by atoms with Gasteiger partial charge in [-0.15, -0.1) is 0 Å². The fourth-order valence-electron chi connectivity index (χ4n) is 3.28. The summed E-state index contributed by atoms with van der Waals surface area (Å²) in [6.07, 6.45) is 4.48. The SMILES string of the molecule is CCc1nc2cc(S(C)(=O)=O)ccc2n1-c1ccc(CCCCC(=O)O)cc1. The van der Waals surface area contributed by atoms with Gasteiger partial charge in [-0.1, -0.05) is 19.1 Å². The lowest BCUT2D eigenvalue weighted by Gasteiger charge is -2.10. The second-order valence-electron chi connectivity index (χ2n) is 6.91. The van der Waals surface area contributed by atoms with E-state index in [1.165, 1.54) is 6.26 Å². The third-order valence-electron chi connectivity index (χ3n) is 4.74. The Hall–Kier alpha value is -2.67. The van der Waals surface area contributed by atoms with Gasteiger partial charge in [-0.05, 0) is 55.2 Å². The number of aryl methyl sites for hydroxylation is 2. The molecular weight excluding hydrogens is 376 g/mol. The number of rotatable bonds is 8. The maximum absolute atomic E-state index is 11.8. The Morgan fingerprint density at radius 2 is 1.82 bits per heavy atom. The zero-order valence-corrected chi connectivity index (χ0v) is 16.9. The molecule has 0 aliphatic carbocycles. The van der Waals surface area contributed by atoms with Crippen molar-refractivity contribution in [3.8, 4) is 5.69 Å². The lowest BCUT2D eigenvalue weighted by molar-refractivity contribution is -0.137. The van der Waals surface area contributed by atoms with Crippen LogP contribution in [0.1, 0.15) is 37.6 Å². The molecule has 0 radical (unpaired) electrons. The first-order chi connectivity index (χ1) is 13.3. The van der Waals surface area contributed by atoms with Crippen LogP contribution in [0.15, 0.2) is 47.4 Å². The van der Waals surface area contributed by atoms with Crippen LogP contribution in [0.3, 0.4) is 0 Å². The van der Waals surface area contributed by atoms with Crippen LogP contribution >= 0.6 is 0 Å². The fourth-order valence-corrected chi connectivity index (χ4v) is 3.92. The molecule has 6 nitrogen and oxygen atoms in total. The number of hydrogen-bond acceptors (Lipinski definition) is 4. The highest BCUT2D eigenvalue weighted by molar-refractivity contribution is 7.90. The minimum atomic E-state index is -3.28. The quantitative estimate of drug-likeness (QED) is 0.581. The standard InChI is InChI=1S/C21H24N2O4S/c1-3-20-22-18-14-17(28(2,26)27)12-13-19(18)23(20)16-10-8-15(9-11-16)6-4-5-7-21(24)25/h8-14H,3-7H2,1-2H3,(H,24,25). The van der Waals surface area contributed by atoms with Crippen molar-refractivity contribution >= 4 is 26.8 Å². The number of benzene rings is 2. The van der Waals surface area contributed by atoms with Crippen LogP contribution in [0.25, 0.3) is 16.7 Å². The molecule has 28 heavy (non-hydrogen) atoms. The highest BCUT2D eigenvalue weighted by atomic mass is 32.2. The number of aromatic nitrogens is 2. The van der Waals surface area contributed by atoms with Crippen LogP contribution in [-0.2, 0) is 27.5 Å². The fraction of sp³-hybridized carbons (Fsp3) is 0.333. The number of fused-ring (bicyclic) bond motifs is 1. The molecule has 0 unspecified atom stereocenters. The predicted molar refractivity (Wildman–Crippen MR) is 109 cm³/mol. The third kappa shape index (κ3) is 4.42. The van der Waals surface area contributed by atoms with Crippen LogP contribution in [0.2, 0.25) is 0 Å². The van der Waals surface area contributed by atoms with E-state index < -0.39 is 15.8 Å². The van der Waals surface area contributed by atoms with Gasteiger partial charge in [0.1, 0.15) is 5.82 Å². The maximum atomic E-state index is 11.8. The molecule has 0 bridgehead atoms. The summed E-state index contributed by atoms with van der Waals surface area (Å²) in [5, 5.41) is 8.71. The molecule has 7 heteroatoms. The molecule has 3 rings (SSSR count). The molecule has 148 valence electrons. The van der Waals surface area contributed by atoms with Gasteiger partial charge < -0.3 is 5.11 Å². The average molecular weight is 401 g/mol. The summed E-state index contributed by atoms with van der Waals surface area (Å²) in [5.74, 6) is 0.114. The molecule has 0 atom stereocenters. The lowest BCUT2D eigenvalue weighted by Crippen LogP contribution is -2.01. The van der Waals surface area contributed by atoms with Gasteiger partial charge in [0.2, 0.25) is 0 Å². The maximum Gasteiger partial charge on any atom is 0.303 e. The van der Waals surface area contributed by atoms with Crippen molar-refractivity contribution in [3.05, 3.63) is 53.9 Å². The highest BCUT2D eigenvalue weighted by Gasteiger charge is 2.15. The first-order valence-electron chi connectivity index (χ1n) is 9.32. The number of sulfone groups is 1. The first kappa shape index (κ1) is 20.1. The molecule has 0 amide bonds. The van der Waals surface area contributed by atoms with Crippen molar-refractivity contribution in [1.29, 1.82) is 0 Å². The van der Waals surface area contributed by atoms with Crippen molar-refractivity contribution in [2.75, 3.05) is 6.26 Å². The number of carboxylic acids is 1. The molecular formula is C21H24N2O4S. The second-order valence-corrected chi connectivity index (χ2v) is 8.92. The molecule has 1 N–H and O–H groups in total. The molecule has 0 fully saturated rings. The summed E-state index contributed by atoms with van der Waals surface area (Å²) >= 11 is 0. The van der Waals surface area contributed by atoms with Crippen molar-refractivity contribution in [2.45, 2.75) is 43.9 Å². The minimum Gasteiger partial charge on any atom is -0.481 e. The zero-order valence-electron chi connectivity index (χ0n) is 16.1. The Morgan fingerprint density at radius 3 is 2.43 bits per heavy atom. The van der Waals surface area contributed by atoms with Crippen molar-refractivity contribution in [2.24, 2.45) is 0 Å². The van der Waals surface area contributed by atoms with E-state index in [0.717, 1.165) is 41.9 Å². The van der Waals surface area contributed by atoms with Crippen LogP contribution in [0, 0.1) is 0 Å². The van der Waals surface area contributed by atoms with Gasteiger partial charge in [-0.3, -0.25) is 9.36 Å². The zero-order chi connectivity index (χ0) is 20.3. The van der Waals surface area contributed by atoms with Gasteiger partial charge >= 0.3 is 5.97 Å². The number of nitrogens with zero attached hydrogens (tertiary/aromatic N) is 2. The van der Waals surface area contributed by atoms with Crippen LogP contribution in [0.5, 0.6) is 0 Å². The summed E-state index contributed by atoms with van der Waals surface area (Å²) in [6.45, 7) is 2.02. The van der Waals surface area contributed by atoms with Gasteiger partial charge in [0.05, 0.1) is 15.9 Å². The molecule has 0 aliphatic heterocycles. The molecule has 0 aliphatic rings. The van der Waals surface area contributed by atoms with Gasteiger partial charge in [-0.25, -0.2) is 13.4 Å². The number of aliphatic carboxylic acids is 1. The molecule has 3 aromatic rings. The summed E-state index contributed by atoms with van der Waals surface area (Å²) in [7, 11) is -3.28. The minimum absolute atomic E-state index is 0.203. The van der Waals surface area contributed by atoms with Crippen molar-refractivity contribution < 1.29 is 18.3 Å². The van der Waals surface area contributed by atoms with Crippen molar-refractivity contribution in [3.63, 3.8) is 0 Å². The first-order valence-corrected chi connectivity index (χ1v) is 11.2. The summed E-state index contributed by atoms with van der Waals surface area (Å²) < 4.78 is 25.7. The van der Waals surface area contributed by atoms with E-state index in [-0.39, 0.29) is 11.3 Å². The second kappa shape index (κ2) is 8.14. The van der Waals surface area contributed by atoms with Crippen LogP contribution < -0.4 is 0 Å². The molecule has 1 aromatic heterocycles. The van der Waals surface area contributed by atoms with E-state index in [2.05, 4.69) is 9.55 Å². The number of carboxylic acid groups (broad SMARTS) is 1. The number of imidazole rings is 1. The molecule has 0 spiro atoms. The topological polar surface area (TPSA) is 89.3 Å². The predicted octanol–water partition coefficient (Wildman–Crippen LogP) is 3.79. The normalized spacial score (nSPS) is 11.8. The molecule has 2 aromatic carbocycles. The Bertz CT molecular complexity index is 1100. The Kier molecular flexibility index (Phi) is 5.84. The Morgan fingerprint density at radius 1 is 1.11 bits per heavy atom. The van der Waals surface area contributed by atoms with Crippen molar-refractivity contribution in [1.82, 2.24) is 9.55 Å². The molecule has 1 heterocycles. The summed E-state index contributed by atoms with van der Waals surface area (Å²) in [4.78, 5) is 15.5. The lowest BCUT2D eigenvalue weighted by atomic mass is 10.1. The highest BCUT2D eigenvalue weighted by Crippen LogP contribution is 2.25. The largest absolute Gasteiger partial charge is 0.481 e. The van der Waals surface area contributed by atoms with Crippen LogP contribution in [0.4, 0.5) is 0 Å². The monoisotopic (exact) mass is 400 g/mol. The number of carbonyl (C=O) groups is 1. The molecule has 0 saturated carbocycles. The van der Waals surface area contributed by atoms with E-state index in [4.69, 9.17) is 5.11 Å². The summed E-state index contributed by atoms with van der Waals surface area (Å²) in [5.41, 5.74) is 3.67. The van der Waals surface area contributed by atoms with Crippen LogP contribution in [-0.4, -0.2) is 35.3 Å². The van der Waals surface area contributed by atoms with E-state index >= 15 is 0 Å². The smallest absolute Gasteiger partial charge is 0.303 e.